The Kier molecular flexibility index (Phi) is 4.82. The van der Waals surface area contributed by atoms with Crippen LogP contribution in [0, 0.1) is 23.7 Å². The number of ketones is 1. The van der Waals surface area contributed by atoms with E-state index in [-0.39, 0.29) is 11.2 Å². The number of carbonyl (C=O) groups is 1. The van der Waals surface area contributed by atoms with Crippen molar-refractivity contribution in [2.75, 3.05) is 0 Å². The van der Waals surface area contributed by atoms with Crippen molar-refractivity contribution in [1.82, 2.24) is 0 Å². The van der Waals surface area contributed by atoms with Gasteiger partial charge >= 0.3 is 0 Å². The fraction of sp³-hybridized carbons (Fsp3) is 0.190. The van der Waals surface area contributed by atoms with Gasteiger partial charge in [0.25, 0.3) is 0 Å². The van der Waals surface area contributed by atoms with E-state index in [9.17, 15) is 4.79 Å². The summed E-state index contributed by atoms with van der Waals surface area (Å²) in [6, 6.07) is 17.2. The van der Waals surface area contributed by atoms with Gasteiger partial charge in [0, 0.05) is 11.1 Å². The van der Waals surface area contributed by atoms with Crippen LogP contribution in [-0.4, -0.2) is 5.78 Å². The van der Waals surface area contributed by atoms with Crippen LogP contribution in [0.5, 0.6) is 0 Å². The predicted molar refractivity (Wildman–Crippen MR) is 90.6 cm³/mol. The van der Waals surface area contributed by atoms with Crippen molar-refractivity contribution in [2.45, 2.75) is 26.2 Å². The number of benzene rings is 2. The topological polar surface area (TPSA) is 17.1 Å². The molecule has 2 rings (SSSR count). The van der Waals surface area contributed by atoms with Gasteiger partial charge in [-0.3, -0.25) is 4.79 Å². The Labute approximate surface area is 132 Å². The van der Waals surface area contributed by atoms with Gasteiger partial charge < -0.3 is 0 Å². The van der Waals surface area contributed by atoms with Crippen LogP contribution in [0.3, 0.4) is 0 Å². The van der Waals surface area contributed by atoms with Gasteiger partial charge in [-0.05, 0) is 40.9 Å². The van der Waals surface area contributed by atoms with E-state index in [1.54, 1.807) is 0 Å². The summed E-state index contributed by atoms with van der Waals surface area (Å²) in [5.41, 5.74) is 2.76. The molecular formula is C21H18O. The Hall–Kier alpha value is -2.77. The van der Waals surface area contributed by atoms with Crippen molar-refractivity contribution in [3.05, 3.63) is 71.3 Å². The van der Waals surface area contributed by atoms with Crippen molar-refractivity contribution in [2.24, 2.45) is 0 Å². The minimum Gasteiger partial charge on any atom is -0.279 e. The molecule has 0 amide bonds. The summed E-state index contributed by atoms with van der Waals surface area (Å²) < 4.78 is 0. The molecule has 0 aromatic heterocycles. The molecule has 0 aliphatic rings. The van der Waals surface area contributed by atoms with E-state index in [2.05, 4.69) is 44.5 Å². The molecule has 0 spiro atoms. The first-order valence-corrected chi connectivity index (χ1v) is 7.19. The lowest BCUT2D eigenvalue weighted by Gasteiger charge is -2.18. The minimum absolute atomic E-state index is 0.0778. The van der Waals surface area contributed by atoms with Crippen molar-refractivity contribution >= 4 is 5.78 Å². The zero-order valence-corrected chi connectivity index (χ0v) is 13.1. The molecule has 2 aromatic carbocycles. The third kappa shape index (κ3) is 4.37. The molecule has 0 aliphatic carbocycles. The highest BCUT2D eigenvalue weighted by Gasteiger charge is 2.13. The zero-order chi connectivity index (χ0) is 16.0. The maximum atomic E-state index is 12.0. The van der Waals surface area contributed by atoms with Crippen molar-refractivity contribution < 1.29 is 4.79 Å². The Morgan fingerprint density at radius 1 is 0.864 bits per heavy atom. The van der Waals surface area contributed by atoms with Crippen molar-refractivity contribution in [1.29, 1.82) is 0 Å². The molecule has 0 fully saturated rings. The Morgan fingerprint density at radius 2 is 1.50 bits per heavy atom. The molecule has 1 nitrogen and oxygen atoms in total. The summed E-state index contributed by atoms with van der Waals surface area (Å²) in [6.45, 7) is 6.43. The molecule has 1 heteroatoms. The maximum Gasteiger partial charge on any atom is 0.236 e. The third-order valence-corrected chi connectivity index (χ3v) is 3.23. The van der Waals surface area contributed by atoms with E-state index in [0.717, 1.165) is 5.56 Å². The van der Waals surface area contributed by atoms with Gasteiger partial charge in [-0.15, -0.1) is 0 Å². The molecule has 108 valence electrons. The molecule has 0 bridgehead atoms. The number of hydrogen-bond acceptors (Lipinski definition) is 1. The number of Topliss-reactive ketones (excluding diaryl/α,β-unsaturated/α-hetero) is 1. The number of carbonyl (C=O) groups excluding carboxylic acids is 1. The number of rotatable bonds is 1. The zero-order valence-electron chi connectivity index (χ0n) is 13.1. The molecule has 0 saturated heterocycles. The molecule has 0 N–H and O–H groups in total. The van der Waals surface area contributed by atoms with Gasteiger partial charge in [0.15, 0.2) is 0 Å². The standard InChI is InChI=1S/C21H18O/c1-21(2,3)19-15-13-18(14-16-19)20(22)12-8-7-11-17-9-5-4-6-10-17/h4-6,9-10,13-16H,1-3H3. The second kappa shape index (κ2) is 6.79. The quantitative estimate of drug-likeness (QED) is 0.436. The first-order valence-electron chi connectivity index (χ1n) is 7.19. The molecule has 2 aromatic rings. The van der Waals surface area contributed by atoms with Crippen LogP contribution in [-0.2, 0) is 5.41 Å². The molecule has 0 saturated carbocycles. The van der Waals surface area contributed by atoms with Gasteiger partial charge in [0.2, 0.25) is 5.78 Å². The predicted octanol–water partition coefficient (Wildman–Crippen LogP) is 4.22. The van der Waals surface area contributed by atoms with Gasteiger partial charge in [-0.1, -0.05) is 69.2 Å². The van der Waals surface area contributed by atoms with Crippen LogP contribution in [0.1, 0.15) is 42.3 Å². The molecule has 0 unspecified atom stereocenters. The monoisotopic (exact) mass is 286 g/mol. The van der Waals surface area contributed by atoms with Crippen LogP contribution in [0.15, 0.2) is 54.6 Å². The van der Waals surface area contributed by atoms with Crippen LogP contribution in [0.25, 0.3) is 0 Å². The van der Waals surface area contributed by atoms with Crippen LogP contribution in [0.2, 0.25) is 0 Å². The Balaban J connectivity index is 2.08. The van der Waals surface area contributed by atoms with E-state index >= 15 is 0 Å². The van der Waals surface area contributed by atoms with Gasteiger partial charge in [0.05, 0.1) is 0 Å². The van der Waals surface area contributed by atoms with Crippen molar-refractivity contribution in [3.63, 3.8) is 0 Å². The first kappa shape index (κ1) is 15.6. The van der Waals surface area contributed by atoms with Crippen molar-refractivity contribution in [3.8, 4) is 23.7 Å². The third-order valence-electron chi connectivity index (χ3n) is 3.23. The molecule has 0 radical (unpaired) electrons. The maximum absolute atomic E-state index is 12.0. The molecule has 0 heterocycles. The summed E-state index contributed by atoms with van der Waals surface area (Å²) in [4.78, 5) is 12.0. The van der Waals surface area contributed by atoms with Crippen LogP contribution >= 0.6 is 0 Å². The van der Waals surface area contributed by atoms with Gasteiger partial charge in [0.1, 0.15) is 0 Å². The highest BCUT2D eigenvalue weighted by atomic mass is 16.1. The Morgan fingerprint density at radius 3 is 2.09 bits per heavy atom. The summed E-state index contributed by atoms with van der Waals surface area (Å²) >= 11 is 0. The largest absolute Gasteiger partial charge is 0.279 e. The SMILES string of the molecule is CC(C)(C)c1ccc(C(=O)C#CC#Cc2ccccc2)cc1. The van der Waals surface area contributed by atoms with E-state index in [1.165, 1.54) is 5.56 Å². The normalized spacial score (nSPS) is 9.95. The first-order chi connectivity index (χ1) is 10.5. The number of hydrogen-bond donors (Lipinski definition) is 0. The summed E-state index contributed by atoms with van der Waals surface area (Å²) in [5.74, 6) is 10.6. The van der Waals surface area contributed by atoms with Crippen LogP contribution < -0.4 is 0 Å². The fourth-order valence-corrected chi connectivity index (χ4v) is 1.91. The molecule has 0 aliphatic heterocycles. The lowest BCUT2D eigenvalue weighted by Crippen LogP contribution is -2.11. The van der Waals surface area contributed by atoms with E-state index in [4.69, 9.17) is 0 Å². The average molecular weight is 286 g/mol. The summed E-state index contributed by atoms with van der Waals surface area (Å²) in [7, 11) is 0. The van der Waals surface area contributed by atoms with Crippen LogP contribution in [0.4, 0.5) is 0 Å². The van der Waals surface area contributed by atoms with E-state index in [1.807, 2.05) is 54.6 Å². The minimum atomic E-state index is -0.206. The highest BCUT2D eigenvalue weighted by molar-refractivity contribution is 6.09. The van der Waals surface area contributed by atoms with E-state index in [0.29, 0.717) is 5.56 Å². The highest BCUT2D eigenvalue weighted by Crippen LogP contribution is 2.22. The van der Waals surface area contributed by atoms with Gasteiger partial charge in [-0.2, -0.15) is 0 Å². The van der Waals surface area contributed by atoms with Gasteiger partial charge in [-0.25, -0.2) is 0 Å². The second-order valence-electron chi connectivity index (χ2n) is 6.02. The second-order valence-corrected chi connectivity index (χ2v) is 6.02. The smallest absolute Gasteiger partial charge is 0.236 e. The summed E-state index contributed by atoms with van der Waals surface area (Å²) in [5, 5.41) is 0. The Bertz CT molecular complexity index is 768. The van der Waals surface area contributed by atoms with E-state index < -0.39 is 0 Å². The fourth-order valence-electron chi connectivity index (χ4n) is 1.91. The lowest BCUT2D eigenvalue weighted by molar-refractivity contribution is 0.105. The lowest BCUT2D eigenvalue weighted by atomic mass is 9.86. The molecule has 22 heavy (non-hydrogen) atoms. The molecule has 0 atom stereocenters. The molecular weight excluding hydrogens is 268 g/mol. The average Bonchev–Trinajstić information content (AvgIpc) is 2.52. The summed E-state index contributed by atoms with van der Waals surface area (Å²) in [6.07, 6.45) is 0.